The lowest BCUT2D eigenvalue weighted by Gasteiger charge is -2.39. The number of rotatable bonds is 3. The summed E-state index contributed by atoms with van der Waals surface area (Å²) in [5.74, 6) is 0.895. The van der Waals surface area contributed by atoms with Crippen molar-refractivity contribution >= 4 is 0 Å². The summed E-state index contributed by atoms with van der Waals surface area (Å²) in [5, 5.41) is 0. The predicted molar refractivity (Wildman–Crippen MR) is 66.9 cm³/mol. The quantitative estimate of drug-likeness (QED) is 0.779. The summed E-state index contributed by atoms with van der Waals surface area (Å²) in [5.41, 5.74) is 6.47. The average molecular weight is 212 g/mol. The number of hydrogen-bond donors (Lipinski definition) is 1. The molecule has 1 saturated heterocycles. The van der Waals surface area contributed by atoms with Crippen LogP contribution in [0.4, 0.5) is 0 Å². The summed E-state index contributed by atoms with van der Waals surface area (Å²) in [6, 6.07) is 0.371. The molecule has 1 atom stereocenters. The van der Waals surface area contributed by atoms with Gasteiger partial charge >= 0.3 is 0 Å². The Bertz CT molecular complexity index is 175. The molecule has 0 saturated carbocycles. The molecular weight excluding hydrogens is 184 g/mol. The van der Waals surface area contributed by atoms with Crippen LogP contribution in [-0.2, 0) is 0 Å². The van der Waals surface area contributed by atoms with Gasteiger partial charge in [0.1, 0.15) is 0 Å². The second-order valence-electron chi connectivity index (χ2n) is 6.11. The summed E-state index contributed by atoms with van der Waals surface area (Å²) < 4.78 is 0. The zero-order valence-corrected chi connectivity index (χ0v) is 10.9. The van der Waals surface area contributed by atoms with Crippen molar-refractivity contribution in [3.05, 3.63) is 0 Å². The van der Waals surface area contributed by atoms with Crippen LogP contribution in [0.5, 0.6) is 0 Å². The smallest absolute Gasteiger partial charge is 0.0165 e. The van der Waals surface area contributed by atoms with Gasteiger partial charge in [-0.2, -0.15) is 0 Å². The van der Waals surface area contributed by atoms with Gasteiger partial charge in [0, 0.05) is 12.6 Å². The highest BCUT2D eigenvalue weighted by atomic mass is 15.1. The third kappa shape index (κ3) is 4.12. The van der Waals surface area contributed by atoms with E-state index in [4.69, 9.17) is 5.73 Å². The first-order valence-corrected chi connectivity index (χ1v) is 6.41. The molecule has 2 heteroatoms. The Labute approximate surface area is 95.2 Å². The van der Waals surface area contributed by atoms with Gasteiger partial charge in [0.05, 0.1) is 0 Å². The fourth-order valence-corrected chi connectivity index (χ4v) is 2.44. The lowest BCUT2D eigenvalue weighted by Crippen LogP contribution is -2.43. The maximum absolute atomic E-state index is 5.98. The van der Waals surface area contributed by atoms with E-state index in [1.807, 2.05) is 0 Å². The molecule has 0 bridgehead atoms. The molecule has 0 aromatic rings. The molecule has 0 spiro atoms. The summed E-state index contributed by atoms with van der Waals surface area (Å²) in [4.78, 5) is 2.54. The Balaban J connectivity index is 2.30. The predicted octanol–water partition coefficient (Wildman–Crippen LogP) is 2.48. The molecule has 15 heavy (non-hydrogen) atoms. The van der Waals surface area contributed by atoms with Crippen molar-refractivity contribution in [1.82, 2.24) is 4.90 Å². The van der Waals surface area contributed by atoms with Crippen LogP contribution in [-0.4, -0.2) is 30.6 Å². The first-order valence-electron chi connectivity index (χ1n) is 6.41. The first-order chi connectivity index (χ1) is 6.93. The largest absolute Gasteiger partial charge is 0.327 e. The van der Waals surface area contributed by atoms with E-state index in [9.17, 15) is 0 Å². The minimum absolute atomic E-state index is 0.371. The Hall–Kier alpha value is -0.0800. The molecule has 2 nitrogen and oxygen atoms in total. The van der Waals surface area contributed by atoms with Gasteiger partial charge < -0.3 is 10.6 Å². The molecule has 1 heterocycles. The molecule has 1 fully saturated rings. The topological polar surface area (TPSA) is 29.3 Å². The molecule has 0 aromatic carbocycles. The van der Waals surface area contributed by atoms with Gasteiger partial charge in [0.15, 0.2) is 0 Å². The van der Waals surface area contributed by atoms with Crippen LogP contribution in [0.3, 0.4) is 0 Å². The Morgan fingerprint density at radius 2 is 1.80 bits per heavy atom. The highest BCUT2D eigenvalue weighted by Crippen LogP contribution is 2.34. The zero-order valence-electron chi connectivity index (χ0n) is 10.9. The summed E-state index contributed by atoms with van der Waals surface area (Å²) in [6.07, 6.45) is 3.79. The molecule has 1 aliphatic heterocycles. The monoisotopic (exact) mass is 212 g/mol. The Morgan fingerprint density at radius 3 is 2.20 bits per heavy atom. The van der Waals surface area contributed by atoms with Gasteiger partial charge in [-0.1, -0.05) is 27.7 Å². The number of nitrogens with two attached hydrogens (primary N) is 1. The van der Waals surface area contributed by atoms with Crippen LogP contribution in [0.15, 0.2) is 0 Å². The molecule has 1 unspecified atom stereocenters. The molecular formula is C13H28N2. The maximum Gasteiger partial charge on any atom is 0.0165 e. The van der Waals surface area contributed by atoms with Gasteiger partial charge in [0.2, 0.25) is 0 Å². The van der Waals surface area contributed by atoms with E-state index in [1.54, 1.807) is 0 Å². The van der Waals surface area contributed by atoms with Crippen LogP contribution < -0.4 is 5.73 Å². The molecule has 0 aromatic heterocycles. The minimum Gasteiger partial charge on any atom is -0.327 e. The van der Waals surface area contributed by atoms with Gasteiger partial charge in [0.25, 0.3) is 0 Å². The molecule has 0 radical (unpaired) electrons. The lowest BCUT2D eigenvalue weighted by atomic mass is 9.75. The van der Waals surface area contributed by atoms with Crippen LogP contribution in [0.2, 0.25) is 0 Å². The van der Waals surface area contributed by atoms with E-state index in [2.05, 4.69) is 32.6 Å². The SMILES string of the molecule is CCC(N)CN1CCC(C(C)(C)C)CC1. The molecule has 90 valence electrons. The van der Waals surface area contributed by atoms with Crippen molar-refractivity contribution in [2.45, 2.75) is 53.0 Å². The van der Waals surface area contributed by atoms with E-state index >= 15 is 0 Å². The van der Waals surface area contributed by atoms with Gasteiger partial charge in [-0.15, -0.1) is 0 Å². The fourth-order valence-electron chi connectivity index (χ4n) is 2.44. The van der Waals surface area contributed by atoms with E-state index in [0.717, 1.165) is 18.9 Å². The van der Waals surface area contributed by atoms with Crippen LogP contribution in [0, 0.1) is 11.3 Å². The number of piperidine rings is 1. The average Bonchev–Trinajstić information content (AvgIpc) is 2.17. The summed E-state index contributed by atoms with van der Waals surface area (Å²) >= 11 is 0. The van der Waals surface area contributed by atoms with Crippen LogP contribution >= 0.6 is 0 Å². The van der Waals surface area contributed by atoms with Crippen molar-refractivity contribution in [2.75, 3.05) is 19.6 Å². The van der Waals surface area contributed by atoms with Crippen molar-refractivity contribution in [1.29, 1.82) is 0 Å². The minimum atomic E-state index is 0.371. The van der Waals surface area contributed by atoms with E-state index < -0.39 is 0 Å². The van der Waals surface area contributed by atoms with Crippen molar-refractivity contribution < 1.29 is 0 Å². The second-order valence-corrected chi connectivity index (χ2v) is 6.11. The summed E-state index contributed by atoms with van der Waals surface area (Å²) in [6.45, 7) is 12.9. The first kappa shape index (κ1) is 13.0. The number of likely N-dealkylation sites (tertiary alicyclic amines) is 1. The molecule has 1 rings (SSSR count). The Kier molecular flexibility index (Phi) is 4.60. The second kappa shape index (κ2) is 5.31. The van der Waals surface area contributed by atoms with Crippen molar-refractivity contribution in [3.8, 4) is 0 Å². The third-order valence-electron chi connectivity index (χ3n) is 3.83. The highest BCUT2D eigenvalue weighted by Gasteiger charge is 2.28. The van der Waals surface area contributed by atoms with E-state index in [0.29, 0.717) is 11.5 Å². The molecule has 0 amide bonds. The van der Waals surface area contributed by atoms with Gasteiger partial charge in [-0.05, 0) is 43.7 Å². The van der Waals surface area contributed by atoms with E-state index in [1.165, 1.54) is 25.9 Å². The molecule has 1 aliphatic rings. The molecule has 0 aliphatic carbocycles. The van der Waals surface area contributed by atoms with Crippen LogP contribution in [0.25, 0.3) is 0 Å². The molecule has 2 N–H and O–H groups in total. The lowest BCUT2D eigenvalue weighted by molar-refractivity contribution is 0.108. The van der Waals surface area contributed by atoms with Crippen molar-refractivity contribution in [3.63, 3.8) is 0 Å². The number of hydrogen-bond acceptors (Lipinski definition) is 2. The maximum atomic E-state index is 5.98. The highest BCUT2D eigenvalue weighted by molar-refractivity contribution is 4.81. The normalized spacial score (nSPS) is 23.0. The third-order valence-corrected chi connectivity index (χ3v) is 3.83. The van der Waals surface area contributed by atoms with Gasteiger partial charge in [-0.25, -0.2) is 0 Å². The van der Waals surface area contributed by atoms with Crippen molar-refractivity contribution in [2.24, 2.45) is 17.1 Å². The fraction of sp³-hybridized carbons (Fsp3) is 1.00. The van der Waals surface area contributed by atoms with E-state index in [-0.39, 0.29) is 0 Å². The number of nitrogens with zero attached hydrogens (tertiary/aromatic N) is 1. The standard InChI is InChI=1S/C13H28N2/c1-5-12(14)10-15-8-6-11(7-9-15)13(2,3)4/h11-12H,5-10,14H2,1-4H3. The summed E-state index contributed by atoms with van der Waals surface area (Å²) in [7, 11) is 0. The van der Waals surface area contributed by atoms with Crippen LogP contribution in [0.1, 0.15) is 47.0 Å². The zero-order chi connectivity index (χ0) is 11.5. The van der Waals surface area contributed by atoms with Gasteiger partial charge in [-0.3, -0.25) is 0 Å². The Morgan fingerprint density at radius 1 is 1.27 bits per heavy atom.